The zero-order chi connectivity index (χ0) is 22.5. The van der Waals surface area contributed by atoms with Crippen LogP contribution < -0.4 is 10.9 Å². The Bertz CT molecular complexity index is 1160. The van der Waals surface area contributed by atoms with Crippen LogP contribution in [-0.4, -0.2) is 34.4 Å². The summed E-state index contributed by atoms with van der Waals surface area (Å²) in [4.78, 5) is 40.2. The number of pyridine rings is 1. The molecule has 2 amide bonds. The quantitative estimate of drug-likeness (QED) is 0.671. The van der Waals surface area contributed by atoms with Crippen LogP contribution in [0.1, 0.15) is 46.4 Å². The monoisotopic (exact) mass is 429 g/mol. The van der Waals surface area contributed by atoms with Gasteiger partial charge in [0.05, 0.1) is 5.56 Å². The van der Waals surface area contributed by atoms with Crippen LogP contribution in [0, 0.1) is 0 Å². The molecule has 1 fully saturated rings. The number of hydrogen-bond donors (Lipinski definition) is 1. The second kappa shape index (κ2) is 9.64. The number of nitrogens with zero attached hydrogens (tertiary/aromatic N) is 2. The Kier molecular flexibility index (Phi) is 6.50. The van der Waals surface area contributed by atoms with E-state index in [9.17, 15) is 14.4 Å². The zero-order valence-electron chi connectivity index (χ0n) is 18.2. The van der Waals surface area contributed by atoms with Crippen molar-refractivity contribution in [3.63, 3.8) is 0 Å². The third kappa shape index (κ3) is 4.80. The average molecular weight is 430 g/mol. The summed E-state index contributed by atoms with van der Waals surface area (Å²) in [5.41, 5.74) is 2.66. The third-order valence-electron chi connectivity index (χ3n) is 5.83. The SMILES string of the molecule is Cn1cc(C(=O)N2CCCCCC2)cc(NC(=O)c2ccc(-c3ccccc3)cc2)c1=O. The molecular weight excluding hydrogens is 402 g/mol. The molecule has 1 saturated heterocycles. The van der Waals surface area contributed by atoms with E-state index in [4.69, 9.17) is 0 Å². The summed E-state index contributed by atoms with van der Waals surface area (Å²) in [5.74, 6) is -0.494. The van der Waals surface area contributed by atoms with Gasteiger partial charge < -0.3 is 14.8 Å². The van der Waals surface area contributed by atoms with Crippen LogP contribution in [0.25, 0.3) is 11.1 Å². The first-order chi connectivity index (χ1) is 15.5. The van der Waals surface area contributed by atoms with Crippen molar-refractivity contribution in [1.29, 1.82) is 0 Å². The van der Waals surface area contributed by atoms with Crippen LogP contribution in [0.4, 0.5) is 5.69 Å². The number of carbonyl (C=O) groups is 2. The van der Waals surface area contributed by atoms with Crippen molar-refractivity contribution in [3.8, 4) is 11.1 Å². The molecule has 1 aliphatic rings. The Morgan fingerprint density at radius 3 is 2.09 bits per heavy atom. The molecule has 6 heteroatoms. The summed E-state index contributed by atoms with van der Waals surface area (Å²) in [6, 6.07) is 18.6. The van der Waals surface area contributed by atoms with Crippen molar-refractivity contribution in [2.75, 3.05) is 18.4 Å². The second-order valence-electron chi connectivity index (χ2n) is 8.16. The second-order valence-corrected chi connectivity index (χ2v) is 8.16. The van der Waals surface area contributed by atoms with Crippen molar-refractivity contribution in [2.24, 2.45) is 7.05 Å². The van der Waals surface area contributed by atoms with Gasteiger partial charge in [0.25, 0.3) is 17.4 Å². The summed E-state index contributed by atoms with van der Waals surface area (Å²) < 4.78 is 1.35. The van der Waals surface area contributed by atoms with E-state index in [-0.39, 0.29) is 23.1 Å². The van der Waals surface area contributed by atoms with Crippen LogP contribution in [0.15, 0.2) is 71.7 Å². The fourth-order valence-corrected chi connectivity index (χ4v) is 4.01. The number of rotatable bonds is 4. The lowest BCUT2D eigenvalue weighted by atomic mass is 10.0. The molecular formula is C26H27N3O3. The summed E-state index contributed by atoms with van der Waals surface area (Å²) in [7, 11) is 1.59. The normalized spacial score (nSPS) is 14.0. The molecule has 2 heterocycles. The fourth-order valence-electron chi connectivity index (χ4n) is 4.01. The van der Waals surface area contributed by atoms with E-state index < -0.39 is 0 Å². The summed E-state index contributed by atoms with van der Waals surface area (Å²) in [5, 5.41) is 2.69. The number of hydrogen-bond acceptors (Lipinski definition) is 3. The molecule has 0 bridgehead atoms. The van der Waals surface area contributed by atoms with E-state index in [1.807, 2.05) is 47.4 Å². The Labute approximate surface area is 187 Å². The third-order valence-corrected chi connectivity index (χ3v) is 5.83. The number of carbonyl (C=O) groups excluding carboxylic acids is 2. The number of amides is 2. The predicted octanol–water partition coefficient (Wildman–Crippen LogP) is 4.32. The van der Waals surface area contributed by atoms with Gasteiger partial charge in [-0.1, -0.05) is 55.3 Å². The number of anilines is 1. The van der Waals surface area contributed by atoms with Gasteiger partial charge in [-0.15, -0.1) is 0 Å². The van der Waals surface area contributed by atoms with E-state index in [2.05, 4.69) is 5.32 Å². The lowest BCUT2D eigenvalue weighted by Gasteiger charge is -2.21. The van der Waals surface area contributed by atoms with Crippen LogP contribution in [0.3, 0.4) is 0 Å². The van der Waals surface area contributed by atoms with Crippen LogP contribution in [0.5, 0.6) is 0 Å². The number of nitrogens with one attached hydrogen (secondary N) is 1. The number of likely N-dealkylation sites (tertiary alicyclic amines) is 1. The Morgan fingerprint density at radius 2 is 1.44 bits per heavy atom. The molecule has 2 aromatic carbocycles. The van der Waals surface area contributed by atoms with Gasteiger partial charge in [0.1, 0.15) is 5.69 Å². The molecule has 164 valence electrons. The minimum Gasteiger partial charge on any atom is -0.339 e. The largest absolute Gasteiger partial charge is 0.339 e. The van der Waals surface area contributed by atoms with Gasteiger partial charge in [-0.25, -0.2) is 0 Å². The van der Waals surface area contributed by atoms with E-state index in [1.54, 1.807) is 25.4 Å². The summed E-state index contributed by atoms with van der Waals surface area (Å²) in [6.07, 6.45) is 5.77. The molecule has 0 atom stereocenters. The first-order valence-electron chi connectivity index (χ1n) is 11.0. The molecule has 0 saturated carbocycles. The first-order valence-corrected chi connectivity index (χ1v) is 11.0. The standard InChI is InChI=1S/C26H27N3O3/c1-28-18-22(25(31)29-15-7-2-3-8-16-29)17-23(26(28)32)27-24(30)21-13-11-20(12-14-21)19-9-5-4-6-10-19/h4-6,9-14,17-18H,2-3,7-8,15-16H2,1H3,(H,27,30). The van der Waals surface area contributed by atoms with Crippen LogP contribution in [0.2, 0.25) is 0 Å². The van der Waals surface area contributed by atoms with E-state index >= 15 is 0 Å². The van der Waals surface area contributed by atoms with Crippen molar-refractivity contribution in [2.45, 2.75) is 25.7 Å². The number of aromatic nitrogens is 1. The minimum absolute atomic E-state index is 0.102. The smallest absolute Gasteiger partial charge is 0.274 e. The van der Waals surface area contributed by atoms with Crippen molar-refractivity contribution < 1.29 is 9.59 Å². The molecule has 6 nitrogen and oxygen atoms in total. The summed E-state index contributed by atoms with van der Waals surface area (Å²) >= 11 is 0. The van der Waals surface area contributed by atoms with E-state index in [0.29, 0.717) is 11.1 Å². The highest BCUT2D eigenvalue weighted by Crippen LogP contribution is 2.20. The maximum Gasteiger partial charge on any atom is 0.274 e. The molecule has 4 rings (SSSR count). The lowest BCUT2D eigenvalue weighted by Crippen LogP contribution is -2.33. The van der Waals surface area contributed by atoms with Crippen LogP contribution >= 0.6 is 0 Å². The average Bonchev–Trinajstić information content (AvgIpc) is 3.11. The predicted molar refractivity (Wildman–Crippen MR) is 126 cm³/mol. The molecule has 1 aromatic heterocycles. The highest BCUT2D eigenvalue weighted by Gasteiger charge is 2.20. The lowest BCUT2D eigenvalue weighted by molar-refractivity contribution is 0.0760. The molecule has 0 aliphatic carbocycles. The minimum atomic E-state index is -0.388. The van der Waals surface area contributed by atoms with Gasteiger partial charge in [0.15, 0.2) is 0 Å². The van der Waals surface area contributed by atoms with Gasteiger partial charge in [-0.05, 0) is 42.2 Å². The number of benzene rings is 2. The molecule has 0 spiro atoms. The van der Waals surface area contributed by atoms with Crippen molar-refractivity contribution in [3.05, 3.63) is 88.3 Å². The molecule has 1 aliphatic heterocycles. The molecule has 32 heavy (non-hydrogen) atoms. The van der Waals surface area contributed by atoms with E-state index in [0.717, 1.165) is 49.9 Å². The summed E-state index contributed by atoms with van der Waals surface area (Å²) in [6.45, 7) is 1.44. The maximum atomic E-state index is 13.0. The topological polar surface area (TPSA) is 71.4 Å². The van der Waals surface area contributed by atoms with Crippen LogP contribution in [-0.2, 0) is 7.05 Å². The molecule has 0 unspecified atom stereocenters. The Morgan fingerprint density at radius 1 is 0.812 bits per heavy atom. The zero-order valence-corrected chi connectivity index (χ0v) is 18.2. The molecule has 1 N–H and O–H groups in total. The van der Waals surface area contributed by atoms with Crippen molar-refractivity contribution in [1.82, 2.24) is 9.47 Å². The highest BCUT2D eigenvalue weighted by molar-refractivity contribution is 6.05. The van der Waals surface area contributed by atoms with Gasteiger partial charge in [0, 0.05) is 31.9 Å². The Hall–Kier alpha value is -3.67. The van der Waals surface area contributed by atoms with Crippen molar-refractivity contribution >= 4 is 17.5 Å². The number of aryl methyl sites for hydroxylation is 1. The van der Waals surface area contributed by atoms with Gasteiger partial charge in [-0.2, -0.15) is 0 Å². The highest BCUT2D eigenvalue weighted by atomic mass is 16.2. The van der Waals surface area contributed by atoms with Gasteiger partial charge >= 0.3 is 0 Å². The first kappa shape index (κ1) is 21.6. The van der Waals surface area contributed by atoms with Gasteiger partial charge in [-0.3, -0.25) is 14.4 Å². The Balaban J connectivity index is 1.54. The fraction of sp³-hybridized carbons (Fsp3) is 0.269. The maximum absolute atomic E-state index is 13.0. The molecule has 0 radical (unpaired) electrons. The van der Waals surface area contributed by atoms with E-state index in [1.165, 1.54) is 10.6 Å². The van der Waals surface area contributed by atoms with Gasteiger partial charge in [0.2, 0.25) is 0 Å². The molecule has 3 aromatic rings.